The van der Waals surface area contributed by atoms with E-state index in [0.29, 0.717) is 5.75 Å². The molecule has 0 spiro atoms. The van der Waals surface area contributed by atoms with Crippen molar-refractivity contribution in [2.24, 2.45) is 5.92 Å². The van der Waals surface area contributed by atoms with Crippen LogP contribution in [0.3, 0.4) is 0 Å². The van der Waals surface area contributed by atoms with E-state index in [-0.39, 0.29) is 12.0 Å². The van der Waals surface area contributed by atoms with Gasteiger partial charge >= 0.3 is 0 Å². The lowest BCUT2D eigenvalue weighted by molar-refractivity contribution is 0.135. The van der Waals surface area contributed by atoms with Gasteiger partial charge in [0.15, 0.2) is 0 Å². The number of benzene rings is 1. The van der Waals surface area contributed by atoms with Crippen molar-refractivity contribution in [3.63, 3.8) is 0 Å². The van der Waals surface area contributed by atoms with E-state index >= 15 is 0 Å². The fraction of sp³-hybridized carbons (Fsp3) is 0.500. The fourth-order valence-corrected chi connectivity index (χ4v) is 1.39. The monoisotopic (exact) mass is 194 g/mol. The van der Waals surface area contributed by atoms with Crippen molar-refractivity contribution in [2.75, 3.05) is 0 Å². The van der Waals surface area contributed by atoms with Gasteiger partial charge in [0.1, 0.15) is 5.75 Å². The van der Waals surface area contributed by atoms with Gasteiger partial charge in [-0.1, -0.05) is 19.1 Å². The molecule has 0 heterocycles. The summed E-state index contributed by atoms with van der Waals surface area (Å²) in [6.45, 7) is 5.71. The molecule has 78 valence electrons. The number of aliphatic hydroxyl groups is 1. The molecule has 1 aromatic rings. The van der Waals surface area contributed by atoms with E-state index in [1.54, 1.807) is 13.0 Å². The predicted octanol–water partition coefficient (Wildman–Crippen LogP) is 2.26. The standard InChI is InChI=1S/C12H18O2/c1-8(10(3)13)6-11-4-5-12(14)9(2)7-11/h4-5,7-8,10,13-14H,6H2,1-3H3. The Kier molecular flexibility index (Phi) is 3.53. The van der Waals surface area contributed by atoms with Crippen LogP contribution < -0.4 is 0 Å². The van der Waals surface area contributed by atoms with Crippen LogP contribution in [0.4, 0.5) is 0 Å². The maximum atomic E-state index is 9.36. The van der Waals surface area contributed by atoms with Crippen molar-refractivity contribution >= 4 is 0 Å². The lowest BCUT2D eigenvalue weighted by atomic mass is 9.96. The van der Waals surface area contributed by atoms with Crippen LogP contribution in [0.15, 0.2) is 18.2 Å². The normalized spacial score (nSPS) is 15.1. The zero-order valence-corrected chi connectivity index (χ0v) is 8.99. The highest BCUT2D eigenvalue weighted by Crippen LogP contribution is 2.19. The molecule has 2 nitrogen and oxygen atoms in total. The summed E-state index contributed by atoms with van der Waals surface area (Å²) in [7, 11) is 0. The van der Waals surface area contributed by atoms with E-state index in [2.05, 4.69) is 0 Å². The highest BCUT2D eigenvalue weighted by molar-refractivity contribution is 5.35. The molecular weight excluding hydrogens is 176 g/mol. The first-order valence-electron chi connectivity index (χ1n) is 4.97. The summed E-state index contributed by atoms with van der Waals surface area (Å²) >= 11 is 0. The molecule has 14 heavy (non-hydrogen) atoms. The average Bonchev–Trinajstić information content (AvgIpc) is 2.11. The van der Waals surface area contributed by atoms with Gasteiger partial charge in [-0.25, -0.2) is 0 Å². The molecule has 2 N–H and O–H groups in total. The molecule has 0 bridgehead atoms. The Morgan fingerprint density at radius 3 is 2.43 bits per heavy atom. The molecule has 0 aliphatic carbocycles. The molecule has 0 radical (unpaired) electrons. The van der Waals surface area contributed by atoms with Gasteiger partial charge in [0, 0.05) is 0 Å². The van der Waals surface area contributed by atoms with Crippen LogP contribution in [0.25, 0.3) is 0 Å². The lowest BCUT2D eigenvalue weighted by Gasteiger charge is -2.14. The molecule has 2 heteroatoms. The smallest absolute Gasteiger partial charge is 0.118 e. The number of aryl methyl sites for hydroxylation is 1. The SMILES string of the molecule is Cc1cc(CC(C)C(C)O)ccc1O. The lowest BCUT2D eigenvalue weighted by Crippen LogP contribution is -2.15. The molecule has 2 unspecified atom stereocenters. The number of phenols is 1. The molecule has 1 rings (SSSR count). The second kappa shape index (κ2) is 4.47. The molecule has 0 saturated carbocycles. The second-order valence-electron chi connectivity index (χ2n) is 4.04. The number of rotatable bonds is 3. The van der Waals surface area contributed by atoms with Crippen LogP contribution in [0.2, 0.25) is 0 Å². The van der Waals surface area contributed by atoms with E-state index in [0.717, 1.165) is 17.5 Å². The highest BCUT2D eigenvalue weighted by atomic mass is 16.3. The van der Waals surface area contributed by atoms with Crippen molar-refractivity contribution in [3.05, 3.63) is 29.3 Å². The summed E-state index contributed by atoms with van der Waals surface area (Å²) in [5.41, 5.74) is 2.05. The Hall–Kier alpha value is -1.02. The van der Waals surface area contributed by atoms with Gasteiger partial charge in [-0.2, -0.15) is 0 Å². The molecule has 0 amide bonds. The minimum atomic E-state index is -0.288. The van der Waals surface area contributed by atoms with Crippen LogP contribution in [0, 0.1) is 12.8 Å². The number of aliphatic hydroxyl groups excluding tert-OH is 1. The number of phenolic OH excluding ortho intramolecular Hbond substituents is 1. The van der Waals surface area contributed by atoms with Crippen LogP contribution in [-0.4, -0.2) is 16.3 Å². The van der Waals surface area contributed by atoms with Crippen LogP contribution in [0.1, 0.15) is 25.0 Å². The van der Waals surface area contributed by atoms with Crippen molar-refractivity contribution in [1.82, 2.24) is 0 Å². The zero-order valence-electron chi connectivity index (χ0n) is 8.99. The largest absolute Gasteiger partial charge is 0.508 e. The Morgan fingerprint density at radius 1 is 1.29 bits per heavy atom. The Labute approximate surface area is 85.2 Å². The second-order valence-corrected chi connectivity index (χ2v) is 4.04. The third-order valence-electron chi connectivity index (χ3n) is 2.64. The minimum Gasteiger partial charge on any atom is -0.508 e. The van der Waals surface area contributed by atoms with Gasteiger partial charge < -0.3 is 10.2 Å². The summed E-state index contributed by atoms with van der Waals surface area (Å²) in [4.78, 5) is 0. The summed E-state index contributed by atoms with van der Waals surface area (Å²) in [6, 6.07) is 5.58. The average molecular weight is 194 g/mol. The highest BCUT2D eigenvalue weighted by Gasteiger charge is 2.09. The van der Waals surface area contributed by atoms with E-state index < -0.39 is 0 Å². The number of hydrogen-bond acceptors (Lipinski definition) is 2. The molecule has 0 fully saturated rings. The predicted molar refractivity (Wildman–Crippen MR) is 57.4 cm³/mol. The van der Waals surface area contributed by atoms with Gasteiger partial charge in [0.2, 0.25) is 0 Å². The maximum absolute atomic E-state index is 9.36. The molecule has 2 atom stereocenters. The maximum Gasteiger partial charge on any atom is 0.118 e. The Morgan fingerprint density at radius 2 is 1.93 bits per heavy atom. The topological polar surface area (TPSA) is 40.5 Å². The van der Waals surface area contributed by atoms with Gasteiger partial charge in [0.05, 0.1) is 6.10 Å². The third kappa shape index (κ3) is 2.74. The van der Waals surface area contributed by atoms with E-state index in [4.69, 9.17) is 0 Å². The summed E-state index contributed by atoms with van der Waals surface area (Å²) in [5.74, 6) is 0.581. The minimum absolute atomic E-state index is 0.249. The summed E-state index contributed by atoms with van der Waals surface area (Å²) < 4.78 is 0. The Balaban J connectivity index is 2.73. The first kappa shape index (κ1) is 11.1. The van der Waals surface area contributed by atoms with E-state index in [1.165, 1.54) is 0 Å². The van der Waals surface area contributed by atoms with Crippen molar-refractivity contribution in [1.29, 1.82) is 0 Å². The first-order valence-corrected chi connectivity index (χ1v) is 4.97. The quantitative estimate of drug-likeness (QED) is 0.774. The van der Waals surface area contributed by atoms with Gasteiger partial charge in [-0.3, -0.25) is 0 Å². The molecular formula is C12H18O2. The molecule has 0 aliphatic rings. The molecule has 0 saturated heterocycles. The zero-order chi connectivity index (χ0) is 10.7. The summed E-state index contributed by atoms with van der Waals surface area (Å²) in [6.07, 6.45) is 0.558. The third-order valence-corrected chi connectivity index (χ3v) is 2.64. The number of aromatic hydroxyl groups is 1. The van der Waals surface area contributed by atoms with Crippen LogP contribution in [0.5, 0.6) is 5.75 Å². The van der Waals surface area contributed by atoms with Crippen molar-refractivity contribution in [3.8, 4) is 5.75 Å². The Bertz CT molecular complexity index is 305. The van der Waals surface area contributed by atoms with Crippen LogP contribution in [-0.2, 0) is 6.42 Å². The fourth-order valence-electron chi connectivity index (χ4n) is 1.39. The van der Waals surface area contributed by atoms with E-state index in [9.17, 15) is 10.2 Å². The first-order chi connectivity index (χ1) is 6.50. The number of hydrogen-bond donors (Lipinski definition) is 2. The van der Waals surface area contributed by atoms with Gasteiger partial charge in [-0.15, -0.1) is 0 Å². The molecule has 0 aliphatic heterocycles. The van der Waals surface area contributed by atoms with Gasteiger partial charge in [0.25, 0.3) is 0 Å². The van der Waals surface area contributed by atoms with Gasteiger partial charge in [-0.05, 0) is 43.4 Å². The molecule has 1 aromatic carbocycles. The van der Waals surface area contributed by atoms with Crippen molar-refractivity contribution in [2.45, 2.75) is 33.3 Å². The van der Waals surface area contributed by atoms with E-state index in [1.807, 2.05) is 26.0 Å². The van der Waals surface area contributed by atoms with Crippen molar-refractivity contribution < 1.29 is 10.2 Å². The van der Waals surface area contributed by atoms with Crippen LogP contribution >= 0.6 is 0 Å². The molecule has 0 aromatic heterocycles. The summed E-state index contributed by atoms with van der Waals surface area (Å²) in [5, 5.41) is 18.7.